The van der Waals surface area contributed by atoms with Gasteiger partial charge < -0.3 is 0 Å². The van der Waals surface area contributed by atoms with Crippen LogP contribution in [-0.4, -0.2) is 8.29 Å². The SMILES string of the molecule is CC(C)(C)c1cc(C(C)(C)C)c2c3c1-c1ccc(cc1)C=Cc1ccc(cc1)-c1c(C(C)(C)C)cc(C(C)(C)C)c(c1N1[C]4=[Pt]=[C]5N(c6cccc(c6)Oc6cccc(c6)N4c4ccccc41)c1ccccc1N53)-c1ccc(cc1)C=Cc1ccc-2cc1. The van der Waals surface area contributed by atoms with E-state index in [0.29, 0.717) is 0 Å². The molecular formula is C82H74N4OPt. The molecule has 88 heavy (non-hydrogen) atoms. The average Bonchev–Trinajstić information content (AvgIpc) is 1.41. The number of hydrogen-bond donors (Lipinski definition) is 0. The summed E-state index contributed by atoms with van der Waals surface area (Å²) in [6.45, 7) is 28.8. The fourth-order valence-corrected chi connectivity index (χ4v) is 17.3. The summed E-state index contributed by atoms with van der Waals surface area (Å²) in [5.41, 5.74) is 27.2. The van der Waals surface area contributed by atoms with Gasteiger partial charge in [0.2, 0.25) is 0 Å². The Hall–Kier alpha value is -8.89. The third kappa shape index (κ3) is 9.30. The Balaban J connectivity index is 1.26. The van der Waals surface area contributed by atoms with Crippen LogP contribution in [0.25, 0.3) is 68.8 Å². The third-order valence-electron chi connectivity index (χ3n) is 18.0. The zero-order valence-electron chi connectivity index (χ0n) is 52.5. The van der Waals surface area contributed by atoms with Crippen LogP contribution in [0.15, 0.2) is 206 Å². The van der Waals surface area contributed by atoms with Gasteiger partial charge in [0.1, 0.15) is 0 Å². The second kappa shape index (κ2) is 20.3. The van der Waals surface area contributed by atoms with Gasteiger partial charge in [-0.3, -0.25) is 0 Å². The van der Waals surface area contributed by atoms with Crippen molar-refractivity contribution in [2.45, 2.75) is 105 Å². The van der Waals surface area contributed by atoms with Crippen LogP contribution in [-0.2, 0) is 39.3 Å². The molecule has 9 heterocycles. The first-order valence-corrected chi connectivity index (χ1v) is 33.2. The molecule has 0 saturated heterocycles. The average molecular weight is 1330 g/mol. The van der Waals surface area contributed by atoms with Crippen molar-refractivity contribution in [3.05, 3.63) is 251 Å². The first-order chi connectivity index (χ1) is 42.2. The van der Waals surface area contributed by atoms with Crippen LogP contribution >= 0.6 is 0 Å². The number of benzene rings is 10. The van der Waals surface area contributed by atoms with Crippen LogP contribution in [0.2, 0.25) is 0 Å². The van der Waals surface area contributed by atoms with E-state index in [-0.39, 0.29) is 21.7 Å². The van der Waals surface area contributed by atoms with Crippen LogP contribution < -0.4 is 24.3 Å². The molecule has 9 aliphatic heterocycles. The molecule has 0 unspecified atom stereocenters. The molecule has 19 rings (SSSR count). The normalized spacial score (nSPS) is 14.7. The number of nitrogens with zero attached hydrogens (tertiary/aromatic N) is 4. The molecule has 0 aliphatic carbocycles. The summed E-state index contributed by atoms with van der Waals surface area (Å²) in [7, 11) is 0. The van der Waals surface area contributed by atoms with E-state index in [1.165, 1.54) is 86.4 Å². The van der Waals surface area contributed by atoms with E-state index in [1.807, 2.05) is 0 Å². The van der Waals surface area contributed by atoms with Gasteiger partial charge in [0.05, 0.1) is 0 Å². The van der Waals surface area contributed by atoms with E-state index >= 15 is 0 Å². The van der Waals surface area contributed by atoms with Crippen LogP contribution in [0.1, 0.15) is 128 Å². The second-order valence-corrected chi connectivity index (χ2v) is 30.9. The van der Waals surface area contributed by atoms with Gasteiger partial charge in [-0.05, 0) is 0 Å². The van der Waals surface area contributed by atoms with Gasteiger partial charge >= 0.3 is 532 Å². The summed E-state index contributed by atoms with van der Waals surface area (Å²) in [6.07, 6.45) is 9.11. The number of hydrogen-bond acceptors (Lipinski definition) is 5. The number of fused-ring (bicyclic) bond motifs is 14. The molecule has 0 amide bonds. The molecule has 0 N–H and O–H groups in total. The second-order valence-electron chi connectivity index (χ2n) is 28.3. The van der Waals surface area contributed by atoms with Gasteiger partial charge in [-0.15, -0.1) is 0 Å². The van der Waals surface area contributed by atoms with Crippen molar-refractivity contribution in [3.63, 3.8) is 0 Å². The molecular weight excluding hydrogens is 1250 g/mol. The minimum atomic E-state index is -1.36. The fourth-order valence-electron chi connectivity index (χ4n) is 13.6. The van der Waals surface area contributed by atoms with Crippen molar-refractivity contribution in [3.8, 4) is 56.0 Å². The van der Waals surface area contributed by atoms with E-state index < -0.39 is 17.6 Å². The number of ether oxygens (including phenoxy) is 1. The molecule has 0 fully saturated rings. The third-order valence-corrected chi connectivity index (χ3v) is 21.0. The van der Waals surface area contributed by atoms with E-state index in [4.69, 9.17) is 4.74 Å². The minimum absolute atomic E-state index is 0.285. The van der Waals surface area contributed by atoms with E-state index in [0.717, 1.165) is 67.9 Å². The Morgan fingerprint density at radius 3 is 0.830 bits per heavy atom. The molecule has 9 aliphatic rings. The molecule has 6 heteroatoms. The summed E-state index contributed by atoms with van der Waals surface area (Å²) in [5, 5.41) is 0. The van der Waals surface area contributed by atoms with Crippen molar-refractivity contribution in [2.75, 3.05) is 19.6 Å². The summed E-state index contributed by atoms with van der Waals surface area (Å²) < 4.78 is 9.51. The fraction of sp³-hybridized carbons (Fsp3) is 0.195. The summed E-state index contributed by atoms with van der Waals surface area (Å²) >= 11 is -1.36. The first-order valence-electron chi connectivity index (χ1n) is 31.0. The number of rotatable bonds is 0. The van der Waals surface area contributed by atoms with Crippen LogP contribution in [0, 0.1) is 0 Å². The van der Waals surface area contributed by atoms with Gasteiger partial charge in [0.15, 0.2) is 0 Å². The molecule has 16 bridgehead atoms. The Bertz CT molecular complexity index is 4180. The van der Waals surface area contributed by atoms with E-state index in [1.54, 1.807) is 0 Å². The van der Waals surface area contributed by atoms with Crippen molar-refractivity contribution in [2.24, 2.45) is 0 Å². The van der Waals surface area contributed by atoms with Crippen LogP contribution in [0.4, 0.5) is 45.5 Å². The predicted molar refractivity (Wildman–Crippen MR) is 372 cm³/mol. The molecule has 0 radical (unpaired) electrons. The quantitative estimate of drug-likeness (QED) is 0.150. The first kappa shape index (κ1) is 55.7. The van der Waals surface area contributed by atoms with Gasteiger partial charge in [-0.2, -0.15) is 0 Å². The predicted octanol–water partition coefficient (Wildman–Crippen LogP) is 22.2. The van der Waals surface area contributed by atoms with Gasteiger partial charge in [0, 0.05) is 0 Å². The Labute approximate surface area is 528 Å². The van der Waals surface area contributed by atoms with Crippen molar-refractivity contribution in [1.29, 1.82) is 0 Å². The van der Waals surface area contributed by atoms with E-state index in [2.05, 4.69) is 333 Å². The van der Waals surface area contributed by atoms with Crippen LogP contribution in [0.3, 0.4) is 0 Å². The Morgan fingerprint density at radius 1 is 0.284 bits per heavy atom. The zero-order valence-corrected chi connectivity index (χ0v) is 54.7. The number of anilines is 8. The Morgan fingerprint density at radius 2 is 0.557 bits per heavy atom. The van der Waals surface area contributed by atoms with Crippen molar-refractivity contribution < 1.29 is 22.4 Å². The van der Waals surface area contributed by atoms with Gasteiger partial charge in [-0.1, -0.05) is 0 Å². The van der Waals surface area contributed by atoms with Gasteiger partial charge in [-0.25, -0.2) is 0 Å². The monoisotopic (exact) mass is 1330 g/mol. The maximum atomic E-state index is 7.10. The molecule has 0 aromatic heterocycles. The zero-order chi connectivity index (χ0) is 60.8. The maximum absolute atomic E-state index is 7.10. The molecule has 0 atom stereocenters. The summed E-state index contributed by atoms with van der Waals surface area (Å²) in [5.74, 6) is 1.56. The summed E-state index contributed by atoms with van der Waals surface area (Å²) in [4.78, 5) is 10.7. The number of para-hydroxylation sites is 4. The Kier molecular flexibility index (Phi) is 12.9. The van der Waals surface area contributed by atoms with Crippen molar-refractivity contribution >= 4 is 78.1 Å². The van der Waals surface area contributed by atoms with Gasteiger partial charge in [0.25, 0.3) is 0 Å². The molecule has 10 aromatic rings. The molecule has 5 nitrogen and oxygen atoms in total. The molecule has 0 spiro atoms. The molecule has 10 aromatic carbocycles. The van der Waals surface area contributed by atoms with Crippen LogP contribution in [0.5, 0.6) is 11.5 Å². The summed E-state index contributed by atoms with van der Waals surface area (Å²) in [6, 6.07) is 78.7. The van der Waals surface area contributed by atoms with Crippen molar-refractivity contribution in [1.82, 2.24) is 0 Å². The standard InChI is InChI=1S/C82H74N4O.Pt/c1-79(2,3)65-49-66(80(4,5)6)74-58-41-33-54(34-42-58)29-30-56-37-45-60(46-38-56)76-68(82(10,11)12)50-67(81(7,8)9)75-59-43-35-55(36-44-59)28-27-53-31-39-57(40-32-53)73(65)77(74)85-51-83(69-23-13-15-25-71(69)85)61-19-17-21-63(47-61)87-64-22-18-20-62(48-64)84-52-86(78(75)76)72-26-16-14-24-70(72)84;/h13-50H,1-12H3;. The molecule has 0 saturated carbocycles. The van der Waals surface area contributed by atoms with E-state index in [9.17, 15) is 0 Å². The molecule has 438 valence electrons. The topological polar surface area (TPSA) is 22.2 Å².